The maximum absolute atomic E-state index is 5.31. The van der Waals surface area contributed by atoms with Gasteiger partial charge in [0.05, 0.1) is 4.47 Å². The Morgan fingerprint density at radius 3 is 2.62 bits per heavy atom. The molecule has 0 aromatic carbocycles. The predicted octanol–water partition coefficient (Wildman–Crippen LogP) is 1.62. The van der Waals surface area contributed by atoms with Crippen molar-refractivity contribution in [2.45, 2.75) is 13.8 Å². The van der Waals surface area contributed by atoms with Crippen molar-refractivity contribution in [2.75, 3.05) is 23.4 Å². The van der Waals surface area contributed by atoms with Crippen LogP contribution in [0.4, 0.5) is 11.8 Å². The number of nitrogens with one attached hydrogen (secondary N) is 1. The van der Waals surface area contributed by atoms with Gasteiger partial charge in [0.2, 0.25) is 5.95 Å². The molecule has 0 radical (unpaired) electrons. The van der Waals surface area contributed by atoms with Gasteiger partial charge in [-0.3, -0.25) is 5.43 Å². The molecule has 2 heterocycles. The maximum atomic E-state index is 5.31. The molecule has 1 aliphatic rings. The lowest BCUT2D eigenvalue weighted by Gasteiger charge is -2.18. The van der Waals surface area contributed by atoms with Gasteiger partial charge in [-0.25, -0.2) is 10.8 Å². The van der Waals surface area contributed by atoms with Gasteiger partial charge in [-0.1, -0.05) is 13.8 Å². The molecule has 3 N–H and O–H groups in total. The summed E-state index contributed by atoms with van der Waals surface area (Å²) in [6.07, 6.45) is 1.73. The van der Waals surface area contributed by atoms with E-state index >= 15 is 0 Å². The molecule has 2 unspecified atom stereocenters. The first-order valence-corrected chi connectivity index (χ1v) is 6.15. The van der Waals surface area contributed by atoms with Crippen LogP contribution in [-0.2, 0) is 0 Å². The number of nitrogen functional groups attached to an aromatic ring is 1. The lowest BCUT2D eigenvalue weighted by atomic mass is 10.0. The van der Waals surface area contributed by atoms with Crippen LogP contribution >= 0.6 is 15.9 Å². The number of rotatable bonds is 2. The van der Waals surface area contributed by atoms with Gasteiger partial charge in [0.15, 0.2) is 0 Å². The smallest absolute Gasteiger partial charge is 0.239 e. The highest BCUT2D eigenvalue weighted by atomic mass is 79.9. The van der Waals surface area contributed by atoms with Gasteiger partial charge >= 0.3 is 0 Å². The summed E-state index contributed by atoms with van der Waals surface area (Å²) >= 11 is 3.47. The zero-order valence-electron chi connectivity index (χ0n) is 9.44. The Labute approximate surface area is 104 Å². The van der Waals surface area contributed by atoms with Crippen LogP contribution in [0.1, 0.15) is 13.8 Å². The van der Waals surface area contributed by atoms with E-state index in [-0.39, 0.29) is 0 Å². The minimum atomic E-state index is 0.449. The summed E-state index contributed by atoms with van der Waals surface area (Å²) in [6.45, 7) is 6.59. The molecule has 1 aliphatic heterocycles. The Morgan fingerprint density at radius 1 is 1.44 bits per heavy atom. The predicted molar refractivity (Wildman–Crippen MR) is 68.1 cm³/mol. The summed E-state index contributed by atoms with van der Waals surface area (Å²) in [5.41, 5.74) is 2.47. The van der Waals surface area contributed by atoms with Crippen molar-refractivity contribution in [1.82, 2.24) is 9.97 Å². The summed E-state index contributed by atoms with van der Waals surface area (Å²) < 4.78 is 0.910. The fourth-order valence-corrected chi connectivity index (χ4v) is 2.39. The molecule has 88 valence electrons. The molecule has 0 spiro atoms. The van der Waals surface area contributed by atoms with E-state index in [4.69, 9.17) is 5.84 Å². The third-order valence-electron chi connectivity index (χ3n) is 3.14. The van der Waals surface area contributed by atoms with E-state index in [2.05, 4.69) is 50.1 Å². The highest BCUT2D eigenvalue weighted by Crippen LogP contribution is 2.31. The van der Waals surface area contributed by atoms with E-state index in [1.807, 2.05) is 0 Å². The fourth-order valence-electron chi connectivity index (χ4n) is 1.95. The van der Waals surface area contributed by atoms with Crippen LogP contribution in [0.5, 0.6) is 0 Å². The van der Waals surface area contributed by atoms with Crippen LogP contribution in [0.25, 0.3) is 0 Å². The molecule has 1 aromatic rings. The summed E-state index contributed by atoms with van der Waals surface area (Å²) in [4.78, 5) is 10.7. The molecule has 2 rings (SSSR count). The average molecular weight is 286 g/mol. The second-order valence-electron chi connectivity index (χ2n) is 4.37. The first kappa shape index (κ1) is 11.6. The van der Waals surface area contributed by atoms with Gasteiger partial charge in [-0.2, -0.15) is 4.98 Å². The van der Waals surface area contributed by atoms with Gasteiger partial charge in [0.1, 0.15) is 5.82 Å². The quantitative estimate of drug-likeness (QED) is 0.638. The average Bonchev–Trinajstić information content (AvgIpc) is 2.60. The van der Waals surface area contributed by atoms with Crippen molar-refractivity contribution in [3.63, 3.8) is 0 Å². The van der Waals surface area contributed by atoms with Crippen LogP contribution in [0.3, 0.4) is 0 Å². The summed E-state index contributed by atoms with van der Waals surface area (Å²) in [5.74, 6) is 8.06. The second-order valence-corrected chi connectivity index (χ2v) is 5.22. The first-order chi connectivity index (χ1) is 7.61. The lowest BCUT2D eigenvalue weighted by Crippen LogP contribution is -2.22. The maximum Gasteiger partial charge on any atom is 0.239 e. The first-order valence-electron chi connectivity index (χ1n) is 5.36. The summed E-state index contributed by atoms with van der Waals surface area (Å²) in [5, 5.41) is 0. The molecule has 16 heavy (non-hydrogen) atoms. The number of anilines is 2. The van der Waals surface area contributed by atoms with Crippen molar-refractivity contribution in [3.05, 3.63) is 10.7 Å². The van der Waals surface area contributed by atoms with E-state index in [9.17, 15) is 0 Å². The molecule has 0 amide bonds. The Hall–Kier alpha value is -0.880. The monoisotopic (exact) mass is 285 g/mol. The minimum absolute atomic E-state index is 0.449. The zero-order valence-corrected chi connectivity index (χ0v) is 11.0. The Balaban J connectivity index is 2.26. The number of hydrazine groups is 1. The van der Waals surface area contributed by atoms with Crippen LogP contribution < -0.4 is 16.2 Å². The molecule has 6 heteroatoms. The van der Waals surface area contributed by atoms with Gasteiger partial charge in [-0.15, -0.1) is 0 Å². The van der Waals surface area contributed by atoms with Crippen molar-refractivity contribution >= 4 is 27.7 Å². The molecule has 1 aromatic heterocycles. The van der Waals surface area contributed by atoms with Gasteiger partial charge in [0, 0.05) is 19.3 Å². The normalized spacial score (nSPS) is 24.9. The fraction of sp³-hybridized carbons (Fsp3) is 0.600. The number of hydrogen-bond donors (Lipinski definition) is 2. The van der Waals surface area contributed by atoms with Crippen molar-refractivity contribution in [2.24, 2.45) is 17.7 Å². The minimum Gasteiger partial charge on any atom is -0.355 e. The molecule has 0 aliphatic carbocycles. The van der Waals surface area contributed by atoms with Crippen LogP contribution in [0.2, 0.25) is 0 Å². The highest BCUT2D eigenvalue weighted by Gasteiger charge is 2.28. The third-order valence-corrected chi connectivity index (χ3v) is 3.70. The van der Waals surface area contributed by atoms with E-state index in [0.717, 1.165) is 23.4 Å². The third kappa shape index (κ3) is 2.12. The van der Waals surface area contributed by atoms with E-state index in [1.54, 1.807) is 6.20 Å². The van der Waals surface area contributed by atoms with Crippen LogP contribution in [0.15, 0.2) is 10.7 Å². The van der Waals surface area contributed by atoms with Crippen LogP contribution in [0, 0.1) is 11.8 Å². The number of aromatic nitrogens is 2. The number of nitrogens with two attached hydrogens (primary N) is 1. The van der Waals surface area contributed by atoms with Crippen LogP contribution in [-0.4, -0.2) is 23.1 Å². The van der Waals surface area contributed by atoms with E-state index in [0.29, 0.717) is 17.8 Å². The lowest BCUT2D eigenvalue weighted by molar-refractivity contribution is 0.494. The highest BCUT2D eigenvalue weighted by molar-refractivity contribution is 9.10. The molecule has 2 atom stereocenters. The Kier molecular flexibility index (Phi) is 3.30. The second kappa shape index (κ2) is 4.55. The van der Waals surface area contributed by atoms with E-state index < -0.39 is 0 Å². The molecular formula is C10H16BrN5. The molecule has 1 saturated heterocycles. The summed E-state index contributed by atoms with van der Waals surface area (Å²) in [7, 11) is 0. The molecular weight excluding hydrogens is 270 g/mol. The number of nitrogens with zero attached hydrogens (tertiary/aromatic N) is 3. The molecule has 0 bridgehead atoms. The summed E-state index contributed by atoms with van der Waals surface area (Å²) in [6, 6.07) is 0. The van der Waals surface area contributed by atoms with Gasteiger partial charge in [-0.05, 0) is 27.8 Å². The molecule has 1 fully saturated rings. The largest absolute Gasteiger partial charge is 0.355 e. The topological polar surface area (TPSA) is 67.1 Å². The van der Waals surface area contributed by atoms with Crippen molar-refractivity contribution in [3.8, 4) is 0 Å². The Morgan fingerprint density at radius 2 is 2.06 bits per heavy atom. The van der Waals surface area contributed by atoms with E-state index in [1.165, 1.54) is 0 Å². The SMILES string of the molecule is CC1CN(c2nc(NN)ncc2Br)CC1C. The standard InChI is InChI=1S/C10H16BrN5/c1-6-4-16(5-7(6)2)9-8(11)3-13-10(14-9)15-12/h3,6-7H,4-5,12H2,1-2H3,(H,13,14,15). The number of halogens is 1. The van der Waals surface area contributed by atoms with Crippen molar-refractivity contribution in [1.29, 1.82) is 0 Å². The molecule has 5 nitrogen and oxygen atoms in total. The van der Waals surface area contributed by atoms with Crippen molar-refractivity contribution < 1.29 is 0 Å². The molecule has 0 saturated carbocycles. The Bertz CT molecular complexity index is 373. The zero-order chi connectivity index (χ0) is 11.7. The number of hydrogen-bond acceptors (Lipinski definition) is 5. The van der Waals surface area contributed by atoms with Gasteiger partial charge < -0.3 is 4.90 Å². The van der Waals surface area contributed by atoms with Gasteiger partial charge in [0.25, 0.3) is 0 Å².